The van der Waals surface area contributed by atoms with Gasteiger partial charge in [-0.15, -0.1) is 0 Å². The molecule has 1 aliphatic rings. The molecular weight excluding hydrogens is 309 g/mol. The van der Waals surface area contributed by atoms with E-state index in [9.17, 15) is 9.18 Å². The lowest BCUT2D eigenvalue weighted by molar-refractivity contribution is 0.0745. The first kappa shape index (κ1) is 14.6. The molecule has 1 amide bonds. The number of para-hydroxylation sites is 2. The van der Waals surface area contributed by atoms with Crippen molar-refractivity contribution in [2.24, 2.45) is 0 Å². The summed E-state index contributed by atoms with van der Waals surface area (Å²) in [7, 11) is 0. The fourth-order valence-electron chi connectivity index (χ4n) is 2.92. The Morgan fingerprint density at radius 3 is 2.67 bits per heavy atom. The molecule has 1 aliphatic heterocycles. The molecule has 1 aromatic carbocycles. The Labute approximate surface area is 137 Å². The van der Waals surface area contributed by atoms with Gasteiger partial charge in [-0.25, -0.2) is 9.37 Å². The van der Waals surface area contributed by atoms with Crippen molar-refractivity contribution in [1.29, 1.82) is 0 Å². The highest BCUT2D eigenvalue weighted by atomic mass is 19.1. The first-order valence-electron chi connectivity index (χ1n) is 7.80. The number of pyridine rings is 1. The number of aromatic nitrogens is 3. The van der Waals surface area contributed by atoms with E-state index >= 15 is 0 Å². The van der Waals surface area contributed by atoms with E-state index in [4.69, 9.17) is 0 Å². The molecule has 0 radical (unpaired) electrons. The number of nitrogens with one attached hydrogen (secondary N) is 1. The number of H-pyrrole nitrogens is 1. The largest absolute Gasteiger partial charge is 0.339 e. The van der Waals surface area contributed by atoms with Gasteiger partial charge in [-0.05, 0) is 18.2 Å². The zero-order chi connectivity index (χ0) is 16.5. The topological polar surface area (TPSA) is 65.1 Å². The van der Waals surface area contributed by atoms with Crippen LogP contribution in [0.2, 0.25) is 0 Å². The summed E-state index contributed by atoms with van der Waals surface area (Å²) in [5.41, 5.74) is 2.21. The van der Waals surface area contributed by atoms with Gasteiger partial charge in [-0.2, -0.15) is 0 Å². The van der Waals surface area contributed by atoms with Crippen LogP contribution in [0.15, 0.2) is 42.7 Å². The highest BCUT2D eigenvalue weighted by molar-refractivity contribution is 5.94. The van der Waals surface area contributed by atoms with E-state index in [2.05, 4.69) is 19.9 Å². The maximum atomic E-state index is 13.2. The van der Waals surface area contributed by atoms with Crippen LogP contribution in [0.1, 0.15) is 10.4 Å². The summed E-state index contributed by atoms with van der Waals surface area (Å²) in [5.74, 6) is 0.128. The van der Waals surface area contributed by atoms with Crippen molar-refractivity contribution in [2.45, 2.75) is 0 Å². The molecule has 7 heteroatoms. The number of aromatic amines is 1. The smallest absolute Gasteiger partial charge is 0.255 e. The van der Waals surface area contributed by atoms with Crippen LogP contribution in [0.3, 0.4) is 0 Å². The summed E-state index contributed by atoms with van der Waals surface area (Å²) in [6.45, 7) is 2.47. The summed E-state index contributed by atoms with van der Waals surface area (Å²) in [6, 6.07) is 9.10. The molecule has 3 aromatic rings. The summed E-state index contributed by atoms with van der Waals surface area (Å²) in [4.78, 5) is 27.9. The average molecular weight is 325 g/mol. The van der Waals surface area contributed by atoms with Crippen LogP contribution in [0.4, 0.5) is 10.3 Å². The van der Waals surface area contributed by atoms with Crippen molar-refractivity contribution in [3.63, 3.8) is 0 Å². The first-order valence-corrected chi connectivity index (χ1v) is 7.80. The molecule has 1 saturated heterocycles. The number of benzene rings is 1. The van der Waals surface area contributed by atoms with E-state index in [1.165, 1.54) is 12.3 Å². The summed E-state index contributed by atoms with van der Waals surface area (Å²) in [5, 5.41) is 0. The van der Waals surface area contributed by atoms with Crippen LogP contribution in [0, 0.1) is 5.82 Å². The Morgan fingerprint density at radius 2 is 1.92 bits per heavy atom. The molecule has 0 unspecified atom stereocenters. The van der Waals surface area contributed by atoms with Crippen LogP contribution in [0.5, 0.6) is 0 Å². The number of anilines is 1. The predicted molar refractivity (Wildman–Crippen MR) is 88.4 cm³/mol. The maximum Gasteiger partial charge on any atom is 0.255 e. The molecule has 0 aliphatic carbocycles. The SMILES string of the molecule is O=C(c1cncc(F)c1)N1CCN(c2nc3ccccc3[nH]2)CC1. The monoisotopic (exact) mass is 325 g/mol. The third kappa shape index (κ3) is 2.68. The van der Waals surface area contributed by atoms with Crippen molar-refractivity contribution < 1.29 is 9.18 Å². The lowest BCUT2D eigenvalue weighted by atomic mass is 10.2. The molecule has 0 atom stereocenters. The number of carbonyl (C=O) groups excluding carboxylic acids is 1. The van der Waals surface area contributed by atoms with Gasteiger partial charge in [0.2, 0.25) is 5.95 Å². The second-order valence-corrected chi connectivity index (χ2v) is 5.75. The third-order valence-corrected chi connectivity index (χ3v) is 4.20. The number of rotatable bonds is 2. The molecule has 0 saturated carbocycles. The predicted octanol–water partition coefficient (Wildman–Crippen LogP) is 2.06. The number of fused-ring (bicyclic) bond motifs is 1. The van der Waals surface area contributed by atoms with E-state index in [0.717, 1.165) is 23.2 Å². The number of nitrogens with zero attached hydrogens (tertiary/aromatic N) is 4. The number of imidazole rings is 1. The van der Waals surface area contributed by atoms with Crippen LogP contribution in [-0.4, -0.2) is 51.9 Å². The molecular formula is C17H16FN5O. The van der Waals surface area contributed by atoms with Gasteiger partial charge >= 0.3 is 0 Å². The second-order valence-electron chi connectivity index (χ2n) is 5.75. The zero-order valence-electron chi connectivity index (χ0n) is 12.9. The quantitative estimate of drug-likeness (QED) is 0.783. The number of piperazine rings is 1. The van der Waals surface area contributed by atoms with E-state index < -0.39 is 5.82 Å². The van der Waals surface area contributed by atoms with Gasteiger partial charge in [0, 0.05) is 32.4 Å². The number of hydrogen-bond donors (Lipinski definition) is 1. The third-order valence-electron chi connectivity index (χ3n) is 4.20. The van der Waals surface area contributed by atoms with Crippen molar-refractivity contribution >= 4 is 22.9 Å². The fraction of sp³-hybridized carbons (Fsp3) is 0.235. The standard InChI is InChI=1S/C17H16FN5O/c18-13-9-12(10-19-11-13)16(24)22-5-7-23(8-6-22)17-20-14-3-1-2-4-15(14)21-17/h1-4,9-11H,5-8H2,(H,20,21). The van der Waals surface area contributed by atoms with E-state index in [-0.39, 0.29) is 11.5 Å². The fourth-order valence-corrected chi connectivity index (χ4v) is 2.92. The summed E-state index contributed by atoms with van der Waals surface area (Å²) < 4.78 is 13.2. The molecule has 122 valence electrons. The first-order chi connectivity index (χ1) is 11.7. The number of halogens is 1. The van der Waals surface area contributed by atoms with Gasteiger partial charge in [0.1, 0.15) is 5.82 Å². The van der Waals surface area contributed by atoms with Gasteiger partial charge < -0.3 is 14.8 Å². The molecule has 1 fully saturated rings. The number of hydrogen-bond acceptors (Lipinski definition) is 4. The van der Waals surface area contributed by atoms with E-state index in [0.29, 0.717) is 26.2 Å². The zero-order valence-corrected chi connectivity index (χ0v) is 12.9. The van der Waals surface area contributed by atoms with Crippen LogP contribution in [0.25, 0.3) is 11.0 Å². The minimum atomic E-state index is -0.498. The number of amides is 1. The maximum absolute atomic E-state index is 13.2. The number of carbonyl (C=O) groups is 1. The minimum absolute atomic E-state index is 0.189. The Bertz CT molecular complexity index is 852. The van der Waals surface area contributed by atoms with Gasteiger partial charge in [-0.3, -0.25) is 9.78 Å². The molecule has 0 bridgehead atoms. The van der Waals surface area contributed by atoms with Crippen molar-refractivity contribution in [3.05, 3.63) is 54.1 Å². The second kappa shape index (κ2) is 5.92. The molecule has 3 heterocycles. The van der Waals surface area contributed by atoms with Crippen LogP contribution in [-0.2, 0) is 0 Å². The van der Waals surface area contributed by atoms with Gasteiger partial charge in [0.05, 0.1) is 22.8 Å². The van der Waals surface area contributed by atoms with Gasteiger partial charge in [-0.1, -0.05) is 12.1 Å². The van der Waals surface area contributed by atoms with Gasteiger partial charge in [0.25, 0.3) is 5.91 Å². The Kier molecular flexibility index (Phi) is 3.60. The molecule has 4 rings (SSSR count). The lowest BCUT2D eigenvalue weighted by Gasteiger charge is -2.34. The molecule has 1 N–H and O–H groups in total. The molecule has 2 aromatic heterocycles. The van der Waals surface area contributed by atoms with Crippen LogP contribution >= 0.6 is 0 Å². The van der Waals surface area contributed by atoms with Crippen LogP contribution < -0.4 is 4.90 Å². The summed E-state index contributed by atoms with van der Waals surface area (Å²) >= 11 is 0. The Balaban J connectivity index is 1.45. The minimum Gasteiger partial charge on any atom is -0.339 e. The average Bonchev–Trinajstić information content (AvgIpc) is 3.05. The Hall–Kier alpha value is -2.96. The summed E-state index contributed by atoms with van der Waals surface area (Å²) in [6.07, 6.45) is 2.49. The molecule has 6 nitrogen and oxygen atoms in total. The van der Waals surface area contributed by atoms with Crippen molar-refractivity contribution in [2.75, 3.05) is 31.1 Å². The van der Waals surface area contributed by atoms with Gasteiger partial charge in [0.15, 0.2) is 0 Å². The molecule has 0 spiro atoms. The van der Waals surface area contributed by atoms with Crippen molar-refractivity contribution in [3.8, 4) is 0 Å². The highest BCUT2D eigenvalue weighted by Crippen LogP contribution is 2.19. The van der Waals surface area contributed by atoms with Crippen molar-refractivity contribution in [1.82, 2.24) is 19.9 Å². The lowest BCUT2D eigenvalue weighted by Crippen LogP contribution is -2.49. The normalized spacial score (nSPS) is 15.0. The van der Waals surface area contributed by atoms with E-state index in [1.807, 2.05) is 24.3 Å². The van der Waals surface area contributed by atoms with E-state index in [1.54, 1.807) is 4.90 Å². The highest BCUT2D eigenvalue weighted by Gasteiger charge is 2.24. The Morgan fingerprint density at radius 1 is 1.12 bits per heavy atom. The molecule has 24 heavy (non-hydrogen) atoms.